The molecule has 0 radical (unpaired) electrons. The molecule has 6 heteroatoms. The minimum Gasteiger partial charge on any atom is -0.462 e. The third-order valence-electron chi connectivity index (χ3n) is 13.1. The minimum atomic E-state index is -0.760. The van der Waals surface area contributed by atoms with Gasteiger partial charge in [0.25, 0.3) is 0 Å². The monoisotopic (exact) mass is 877 g/mol. The fraction of sp³-hybridized carbons (Fsp3) is 0.946. The molecule has 2 atom stereocenters. The molecular formula is C56H108O6. The van der Waals surface area contributed by atoms with E-state index in [4.69, 9.17) is 14.2 Å². The highest BCUT2D eigenvalue weighted by atomic mass is 16.6. The number of ether oxygens (including phenoxy) is 3. The van der Waals surface area contributed by atoms with E-state index in [2.05, 4.69) is 34.6 Å². The van der Waals surface area contributed by atoms with Crippen molar-refractivity contribution in [1.29, 1.82) is 0 Å². The zero-order chi connectivity index (χ0) is 45.4. The highest BCUT2D eigenvalue weighted by Gasteiger charge is 2.19. The molecule has 0 aliphatic rings. The third kappa shape index (κ3) is 47.9. The van der Waals surface area contributed by atoms with Gasteiger partial charge in [-0.25, -0.2) is 0 Å². The summed E-state index contributed by atoms with van der Waals surface area (Å²) in [5.41, 5.74) is 0. The summed E-state index contributed by atoms with van der Waals surface area (Å²) in [6, 6.07) is 0. The Labute approximate surface area is 387 Å². The van der Waals surface area contributed by atoms with E-state index < -0.39 is 6.10 Å². The number of esters is 3. The summed E-state index contributed by atoms with van der Waals surface area (Å²) in [7, 11) is 0. The molecule has 0 spiro atoms. The molecule has 6 nitrogen and oxygen atoms in total. The van der Waals surface area contributed by atoms with Crippen molar-refractivity contribution in [1.82, 2.24) is 0 Å². The van der Waals surface area contributed by atoms with E-state index in [0.717, 1.165) is 76.0 Å². The summed E-state index contributed by atoms with van der Waals surface area (Å²) in [5.74, 6) is 0.896. The second-order valence-corrected chi connectivity index (χ2v) is 19.9. The lowest BCUT2D eigenvalue weighted by atomic mass is 9.99. The van der Waals surface area contributed by atoms with Gasteiger partial charge in [0.1, 0.15) is 13.2 Å². The van der Waals surface area contributed by atoms with Crippen LogP contribution in [0.15, 0.2) is 0 Å². The molecule has 0 saturated heterocycles. The number of carbonyl (C=O) groups excluding carboxylic acids is 3. The van der Waals surface area contributed by atoms with Crippen molar-refractivity contribution < 1.29 is 28.6 Å². The van der Waals surface area contributed by atoms with Crippen molar-refractivity contribution in [3.63, 3.8) is 0 Å². The maximum absolute atomic E-state index is 12.8. The molecule has 0 bridgehead atoms. The molecule has 0 amide bonds. The first-order valence-corrected chi connectivity index (χ1v) is 27.8. The zero-order valence-corrected chi connectivity index (χ0v) is 42.5. The second-order valence-electron chi connectivity index (χ2n) is 19.9. The number of unbranched alkanes of at least 4 members (excludes halogenated alkanes) is 34. The standard InChI is InChI=1S/C56H108O6/c1-6-8-9-34-41-46-54(57)60-49-53(62-56(59)48-43-38-33-29-25-21-17-16-18-22-26-30-35-39-44-51(3)4)50-61-55(58)47-42-37-32-28-24-20-15-13-11-10-12-14-19-23-27-31-36-40-45-52(5)7-2/h51-53H,6-50H2,1-5H3/t52?,53-/m0/s1. The van der Waals surface area contributed by atoms with E-state index in [0.29, 0.717) is 19.3 Å². The van der Waals surface area contributed by atoms with Crippen molar-refractivity contribution in [3.8, 4) is 0 Å². The molecule has 1 unspecified atom stereocenters. The summed E-state index contributed by atoms with van der Waals surface area (Å²) < 4.78 is 16.7. The first-order chi connectivity index (χ1) is 30.3. The molecule has 0 saturated carbocycles. The highest BCUT2D eigenvalue weighted by molar-refractivity contribution is 5.71. The fourth-order valence-electron chi connectivity index (χ4n) is 8.49. The first-order valence-electron chi connectivity index (χ1n) is 27.8. The van der Waals surface area contributed by atoms with Gasteiger partial charge in [0.2, 0.25) is 0 Å². The number of carbonyl (C=O) groups is 3. The molecule has 0 aliphatic carbocycles. The number of hydrogen-bond acceptors (Lipinski definition) is 6. The lowest BCUT2D eigenvalue weighted by molar-refractivity contribution is -0.167. The Morgan fingerprint density at radius 1 is 0.339 bits per heavy atom. The smallest absolute Gasteiger partial charge is 0.306 e. The van der Waals surface area contributed by atoms with Gasteiger partial charge in [-0.3, -0.25) is 14.4 Å². The van der Waals surface area contributed by atoms with Crippen LogP contribution in [-0.2, 0) is 28.6 Å². The van der Waals surface area contributed by atoms with Gasteiger partial charge in [0, 0.05) is 19.3 Å². The normalized spacial score (nSPS) is 12.5. The van der Waals surface area contributed by atoms with Crippen molar-refractivity contribution in [2.45, 2.75) is 317 Å². The molecule has 368 valence electrons. The topological polar surface area (TPSA) is 78.9 Å². The Hall–Kier alpha value is -1.59. The average molecular weight is 877 g/mol. The summed E-state index contributed by atoms with van der Waals surface area (Å²) in [6.07, 6.45) is 51.3. The van der Waals surface area contributed by atoms with E-state index >= 15 is 0 Å². The zero-order valence-electron chi connectivity index (χ0n) is 42.5. The molecule has 0 rings (SSSR count). The fourth-order valence-corrected chi connectivity index (χ4v) is 8.49. The van der Waals surface area contributed by atoms with E-state index in [1.807, 2.05) is 0 Å². The maximum Gasteiger partial charge on any atom is 0.306 e. The van der Waals surface area contributed by atoms with Crippen molar-refractivity contribution in [2.75, 3.05) is 13.2 Å². The van der Waals surface area contributed by atoms with Gasteiger partial charge in [0.15, 0.2) is 6.10 Å². The quantitative estimate of drug-likeness (QED) is 0.0344. The summed E-state index contributed by atoms with van der Waals surface area (Å²) in [6.45, 7) is 11.4. The predicted molar refractivity (Wildman–Crippen MR) is 266 cm³/mol. The van der Waals surface area contributed by atoms with E-state index in [1.54, 1.807) is 0 Å². The SMILES string of the molecule is CCCCCCCC(=O)OC[C@@H](COC(=O)CCCCCCCCCCCCCCCCCCCCC(C)CC)OC(=O)CCCCCCCCCCCCCCCCC(C)C. The van der Waals surface area contributed by atoms with Gasteiger partial charge in [-0.05, 0) is 31.1 Å². The summed E-state index contributed by atoms with van der Waals surface area (Å²) >= 11 is 0. The van der Waals surface area contributed by atoms with Crippen molar-refractivity contribution in [2.24, 2.45) is 11.8 Å². The van der Waals surface area contributed by atoms with E-state index in [1.165, 1.54) is 193 Å². The molecular weight excluding hydrogens is 769 g/mol. The predicted octanol–water partition coefficient (Wildman–Crippen LogP) is 18.1. The number of rotatable bonds is 50. The van der Waals surface area contributed by atoms with Crippen LogP contribution in [0.25, 0.3) is 0 Å². The van der Waals surface area contributed by atoms with Crippen LogP contribution in [-0.4, -0.2) is 37.2 Å². The molecule has 0 aromatic rings. The van der Waals surface area contributed by atoms with Gasteiger partial charge in [-0.2, -0.15) is 0 Å². The van der Waals surface area contributed by atoms with Gasteiger partial charge in [-0.1, -0.05) is 272 Å². The van der Waals surface area contributed by atoms with Crippen LogP contribution in [0.5, 0.6) is 0 Å². The minimum absolute atomic E-state index is 0.0641. The Balaban J connectivity index is 4.04. The van der Waals surface area contributed by atoms with Gasteiger partial charge >= 0.3 is 17.9 Å². The first kappa shape index (κ1) is 60.4. The molecule has 62 heavy (non-hydrogen) atoms. The molecule has 0 aromatic carbocycles. The van der Waals surface area contributed by atoms with Gasteiger partial charge in [0.05, 0.1) is 0 Å². The Morgan fingerprint density at radius 3 is 0.919 bits per heavy atom. The van der Waals surface area contributed by atoms with Crippen LogP contribution < -0.4 is 0 Å². The summed E-state index contributed by atoms with van der Waals surface area (Å²) in [5, 5.41) is 0. The molecule has 0 fully saturated rings. The molecule has 0 heterocycles. The second kappa shape index (κ2) is 48.9. The summed E-state index contributed by atoms with van der Waals surface area (Å²) in [4.78, 5) is 37.7. The van der Waals surface area contributed by atoms with Crippen LogP contribution >= 0.6 is 0 Å². The van der Waals surface area contributed by atoms with Crippen LogP contribution in [0, 0.1) is 11.8 Å². The highest BCUT2D eigenvalue weighted by Crippen LogP contribution is 2.18. The Kier molecular flexibility index (Phi) is 47.6. The van der Waals surface area contributed by atoms with E-state index in [-0.39, 0.29) is 31.1 Å². The van der Waals surface area contributed by atoms with E-state index in [9.17, 15) is 14.4 Å². The molecule has 0 aliphatic heterocycles. The average Bonchev–Trinajstić information content (AvgIpc) is 3.26. The van der Waals surface area contributed by atoms with Crippen molar-refractivity contribution in [3.05, 3.63) is 0 Å². The van der Waals surface area contributed by atoms with Gasteiger partial charge in [-0.15, -0.1) is 0 Å². The third-order valence-corrected chi connectivity index (χ3v) is 13.1. The van der Waals surface area contributed by atoms with Gasteiger partial charge < -0.3 is 14.2 Å². The largest absolute Gasteiger partial charge is 0.462 e. The maximum atomic E-state index is 12.8. The molecule has 0 aromatic heterocycles. The van der Waals surface area contributed by atoms with Crippen LogP contribution in [0.3, 0.4) is 0 Å². The Bertz CT molecular complexity index is 949. The molecule has 0 N–H and O–H groups in total. The lowest BCUT2D eigenvalue weighted by Gasteiger charge is -2.18. The van der Waals surface area contributed by atoms with Crippen LogP contribution in [0.4, 0.5) is 0 Å². The van der Waals surface area contributed by atoms with Crippen molar-refractivity contribution >= 4 is 17.9 Å². The Morgan fingerprint density at radius 2 is 0.613 bits per heavy atom. The lowest BCUT2D eigenvalue weighted by Crippen LogP contribution is -2.30. The number of hydrogen-bond donors (Lipinski definition) is 0. The van der Waals surface area contributed by atoms with Crippen LogP contribution in [0.1, 0.15) is 311 Å². The van der Waals surface area contributed by atoms with Crippen LogP contribution in [0.2, 0.25) is 0 Å².